The molecule has 6 heteroatoms. The van der Waals surface area contributed by atoms with Crippen molar-refractivity contribution in [3.63, 3.8) is 0 Å². The van der Waals surface area contributed by atoms with Crippen LogP contribution in [-0.4, -0.2) is 37.5 Å². The van der Waals surface area contributed by atoms with E-state index < -0.39 is 16.1 Å². The van der Waals surface area contributed by atoms with Gasteiger partial charge in [0.2, 0.25) is 15.9 Å². The Morgan fingerprint density at radius 3 is 2.65 bits per heavy atom. The van der Waals surface area contributed by atoms with Crippen molar-refractivity contribution in [3.05, 3.63) is 35.9 Å². The summed E-state index contributed by atoms with van der Waals surface area (Å²) in [4.78, 5) is 12.2. The maximum atomic E-state index is 12.2. The Labute approximate surface area is 120 Å². The monoisotopic (exact) mass is 296 g/mol. The number of hydrogen-bond acceptors (Lipinski definition) is 3. The highest BCUT2D eigenvalue weighted by Crippen LogP contribution is 2.20. The molecule has 0 aromatic heterocycles. The zero-order valence-electron chi connectivity index (χ0n) is 11.6. The summed E-state index contributed by atoms with van der Waals surface area (Å²) in [7, 11) is -3.33. The molecular formula is C14H20N2O3S. The van der Waals surface area contributed by atoms with Gasteiger partial charge in [0.05, 0.1) is 6.26 Å². The number of carbonyl (C=O) groups is 1. The number of hydrogen-bond donors (Lipinski definition) is 1. The molecule has 1 aliphatic heterocycles. The van der Waals surface area contributed by atoms with Crippen molar-refractivity contribution in [3.8, 4) is 0 Å². The van der Waals surface area contributed by atoms with E-state index in [1.54, 1.807) is 0 Å². The summed E-state index contributed by atoms with van der Waals surface area (Å²) in [5.41, 5.74) is 1.00. The highest BCUT2D eigenvalue weighted by molar-refractivity contribution is 7.88. The summed E-state index contributed by atoms with van der Waals surface area (Å²) in [5.74, 6) is -0.209. The number of sulfonamides is 1. The van der Waals surface area contributed by atoms with Crippen LogP contribution >= 0.6 is 0 Å². The lowest BCUT2D eigenvalue weighted by atomic mass is 10.0. The average molecular weight is 296 g/mol. The fourth-order valence-electron chi connectivity index (χ4n) is 2.47. The lowest BCUT2D eigenvalue weighted by Crippen LogP contribution is -2.51. The molecule has 2 rings (SSSR count). The van der Waals surface area contributed by atoms with Crippen LogP contribution in [0.3, 0.4) is 0 Å². The van der Waals surface area contributed by atoms with E-state index in [-0.39, 0.29) is 5.91 Å². The molecule has 1 atom stereocenters. The number of piperidine rings is 1. The number of amides is 1. The first-order valence-corrected chi connectivity index (χ1v) is 8.62. The third-order valence-corrected chi connectivity index (χ3v) is 4.78. The van der Waals surface area contributed by atoms with Gasteiger partial charge in [-0.2, -0.15) is 4.31 Å². The van der Waals surface area contributed by atoms with E-state index in [1.807, 2.05) is 30.3 Å². The molecule has 1 amide bonds. The van der Waals surface area contributed by atoms with Gasteiger partial charge >= 0.3 is 0 Å². The quantitative estimate of drug-likeness (QED) is 0.905. The van der Waals surface area contributed by atoms with E-state index in [0.717, 1.165) is 24.7 Å². The predicted octanol–water partition coefficient (Wildman–Crippen LogP) is 1.12. The first kappa shape index (κ1) is 15.0. The molecular weight excluding hydrogens is 276 g/mol. The molecule has 1 aliphatic rings. The summed E-state index contributed by atoms with van der Waals surface area (Å²) in [5, 5.41) is 2.83. The number of carbonyl (C=O) groups excluding carboxylic acids is 1. The topological polar surface area (TPSA) is 66.5 Å². The van der Waals surface area contributed by atoms with Crippen LogP contribution in [0.25, 0.3) is 0 Å². The van der Waals surface area contributed by atoms with Crippen molar-refractivity contribution in [1.82, 2.24) is 9.62 Å². The van der Waals surface area contributed by atoms with Gasteiger partial charge in [-0.3, -0.25) is 4.79 Å². The second kappa shape index (κ2) is 6.37. The highest BCUT2D eigenvalue weighted by atomic mass is 32.2. The van der Waals surface area contributed by atoms with Crippen LogP contribution in [0.4, 0.5) is 0 Å². The molecule has 1 fully saturated rings. The maximum Gasteiger partial charge on any atom is 0.238 e. The van der Waals surface area contributed by atoms with Gasteiger partial charge in [0.15, 0.2) is 0 Å². The van der Waals surface area contributed by atoms with E-state index in [1.165, 1.54) is 4.31 Å². The summed E-state index contributed by atoms with van der Waals surface area (Å²) in [6.07, 6.45) is 3.45. The van der Waals surface area contributed by atoms with Crippen molar-refractivity contribution < 1.29 is 13.2 Å². The first-order valence-electron chi connectivity index (χ1n) is 6.77. The lowest BCUT2D eigenvalue weighted by Gasteiger charge is -2.32. The fourth-order valence-corrected chi connectivity index (χ4v) is 3.59. The summed E-state index contributed by atoms with van der Waals surface area (Å²) < 4.78 is 24.8. The second-order valence-electron chi connectivity index (χ2n) is 5.09. The number of benzene rings is 1. The van der Waals surface area contributed by atoms with Crippen molar-refractivity contribution in [2.45, 2.75) is 31.8 Å². The molecule has 0 spiro atoms. The van der Waals surface area contributed by atoms with Crippen molar-refractivity contribution in [1.29, 1.82) is 0 Å². The van der Waals surface area contributed by atoms with Crippen LogP contribution in [-0.2, 0) is 21.4 Å². The Hall–Kier alpha value is -1.40. The molecule has 20 heavy (non-hydrogen) atoms. The van der Waals surface area contributed by atoms with Gasteiger partial charge in [0, 0.05) is 13.1 Å². The van der Waals surface area contributed by atoms with Crippen LogP contribution in [0, 0.1) is 0 Å². The normalized spacial score (nSPS) is 20.6. The average Bonchev–Trinajstić information content (AvgIpc) is 2.45. The number of nitrogens with one attached hydrogen (secondary N) is 1. The van der Waals surface area contributed by atoms with Gasteiger partial charge in [0.1, 0.15) is 6.04 Å². The first-order chi connectivity index (χ1) is 9.48. The Morgan fingerprint density at radius 1 is 1.30 bits per heavy atom. The zero-order valence-corrected chi connectivity index (χ0v) is 12.4. The minimum atomic E-state index is -3.33. The molecule has 1 aromatic rings. The largest absolute Gasteiger partial charge is 0.351 e. The summed E-state index contributed by atoms with van der Waals surface area (Å²) in [6.45, 7) is 0.857. The van der Waals surface area contributed by atoms with Gasteiger partial charge in [-0.25, -0.2) is 8.42 Å². The van der Waals surface area contributed by atoms with Crippen LogP contribution in [0.1, 0.15) is 24.8 Å². The minimum absolute atomic E-state index is 0.209. The molecule has 1 saturated heterocycles. The van der Waals surface area contributed by atoms with Gasteiger partial charge in [-0.1, -0.05) is 36.8 Å². The molecule has 1 heterocycles. The van der Waals surface area contributed by atoms with E-state index in [0.29, 0.717) is 19.5 Å². The molecule has 0 saturated carbocycles. The van der Waals surface area contributed by atoms with Crippen LogP contribution in [0.5, 0.6) is 0 Å². The molecule has 1 aromatic carbocycles. The second-order valence-corrected chi connectivity index (χ2v) is 7.02. The third kappa shape index (κ3) is 3.80. The molecule has 110 valence electrons. The third-order valence-electron chi connectivity index (χ3n) is 3.49. The number of nitrogens with zero attached hydrogens (tertiary/aromatic N) is 1. The standard InChI is InChI=1S/C14H20N2O3S/c1-20(18,19)16-10-6-5-9-13(16)14(17)15-11-12-7-3-2-4-8-12/h2-4,7-8,13H,5-6,9-11H2,1H3,(H,15,17)/t13-/m0/s1. The van der Waals surface area contributed by atoms with Gasteiger partial charge in [-0.15, -0.1) is 0 Å². The van der Waals surface area contributed by atoms with E-state index in [2.05, 4.69) is 5.32 Å². The Morgan fingerprint density at radius 2 is 2.00 bits per heavy atom. The Balaban J connectivity index is 2.00. The Kier molecular flexibility index (Phi) is 4.77. The van der Waals surface area contributed by atoms with Crippen molar-refractivity contribution in [2.75, 3.05) is 12.8 Å². The smallest absolute Gasteiger partial charge is 0.238 e. The summed E-state index contributed by atoms with van der Waals surface area (Å²) in [6, 6.07) is 9.01. The van der Waals surface area contributed by atoms with Crippen LogP contribution in [0.15, 0.2) is 30.3 Å². The maximum absolute atomic E-state index is 12.2. The van der Waals surface area contributed by atoms with Crippen molar-refractivity contribution >= 4 is 15.9 Å². The summed E-state index contributed by atoms with van der Waals surface area (Å²) >= 11 is 0. The van der Waals surface area contributed by atoms with Gasteiger partial charge in [-0.05, 0) is 18.4 Å². The van der Waals surface area contributed by atoms with E-state index >= 15 is 0 Å². The zero-order chi connectivity index (χ0) is 14.6. The van der Waals surface area contributed by atoms with Gasteiger partial charge < -0.3 is 5.32 Å². The SMILES string of the molecule is CS(=O)(=O)N1CCCC[C@H]1C(=O)NCc1ccccc1. The van der Waals surface area contributed by atoms with Crippen LogP contribution < -0.4 is 5.32 Å². The molecule has 1 N–H and O–H groups in total. The predicted molar refractivity (Wildman–Crippen MR) is 77.5 cm³/mol. The molecule has 0 aliphatic carbocycles. The Bertz CT molecular complexity index is 557. The molecule has 0 bridgehead atoms. The van der Waals surface area contributed by atoms with Crippen molar-refractivity contribution in [2.24, 2.45) is 0 Å². The molecule has 0 radical (unpaired) electrons. The fraction of sp³-hybridized carbons (Fsp3) is 0.500. The van der Waals surface area contributed by atoms with E-state index in [4.69, 9.17) is 0 Å². The van der Waals surface area contributed by atoms with E-state index in [9.17, 15) is 13.2 Å². The van der Waals surface area contributed by atoms with Crippen LogP contribution in [0.2, 0.25) is 0 Å². The lowest BCUT2D eigenvalue weighted by molar-refractivity contribution is -0.125. The van der Waals surface area contributed by atoms with Gasteiger partial charge in [0.25, 0.3) is 0 Å². The highest BCUT2D eigenvalue weighted by Gasteiger charge is 2.34. The minimum Gasteiger partial charge on any atom is -0.351 e. The number of rotatable bonds is 4. The molecule has 0 unspecified atom stereocenters. The molecule has 5 nitrogen and oxygen atoms in total.